The molecule has 1 N–H and O–H groups in total. The lowest BCUT2D eigenvalue weighted by atomic mass is 10.0. The molecule has 0 radical (unpaired) electrons. The largest absolute Gasteiger partial charge is 0.372 e. The molecular weight excluding hydrogens is 276 g/mol. The predicted molar refractivity (Wildman–Crippen MR) is 87.4 cm³/mol. The fraction of sp³-hybridized carbons (Fsp3) is 0.0556. The van der Waals surface area contributed by atoms with Gasteiger partial charge in [-0.05, 0) is 29.1 Å². The summed E-state index contributed by atoms with van der Waals surface area (Å²) in [7, 11) is 0. The Morgan fingerprint density at radius 3 is 2.38 bits per heavy atom. The van der Waals surface area contributed by atoms with Gasteiger partial charge in [-0.3, -0.25) is 0 Å². The van der Waals surface area contributed by atoms with Crippen molar-refractivity contribution in [3.63, 3.8) is 0 Å². The third kappa shape index (κ3) is 2.96. The van der Waals surface area contributed by atoms with E-state index in [0.717, 1.165) is 5.69 Å². The van der Waals surface area contributed by atoms with Crippen molar-refractivity contribution in [2.75, 3.05) is 5.32 Å². The summed E-state index contributed by atoms with van der Waals surface area (Å²) in [6.45, 7) is 0. The normalized spacial score (nSPS) is 11.6. The van der Waals surface area contributed by atoms with E-state index in [1.807, 2.05) is 48.5 Å². The van der Waals surface area contributed by atoms with E-state index < -0.39 is 0 Å². The van der Waals surface area contributed by atoms with Crippen LogP contribution in [0.1, 0.15) is 22.0 Å². The molecule has 3 rings (SSSR count). The van der Waals surface area contributed by atoms with Gasteiger partial charge in [0.25, 0.3) is 0 Å². The van der Waals surface area contributed by atoms with E-state index in [1.165, 1.54) is 10.4 Å². The first kappa shape index (κ1) is 13.4. The first-order valence-corrected chi connectivity index (χ1v) is 7.60. The number of thiophene rings is 1. The van der Waals surface area contributed by atoms with Crippen molar-refractivity contribution < 1.29 is 0 Å². The lowest BCUT2D eigenvalue weighted by Crippen LogP contribution is -2.11. The van der Waals surface area contributed by atoms with Gasteiger partial charge in [-0.2, -0.15) is 5.26 Å². The zero-order valence-corrected chi connectivity index (χ0v) is 12.2. The molecule has 0 spiro atoms. The van der Waals surface area contributed by atoms with Crippen molar-refractivity contribution in [2.45, 2.75) is 6.04 Å². The second-order valence-electron chi connectivity index (χ2n) is 4.66. The smallest absolute Gasteiger partial charge is 0.101 e. The van der Waals surface area contributed by atoms with E-state index in [1.54, 1.807) is 11.3 Å². The Hall–Kier alpha value is -2.57. The number of para-hydroxylation sites is 1. The fourth-order valence-corrected chi connectivity index (χ4v) is 3.08. The number of nitrogens with zero attached hydrogens (tertiary/aromatic N) is 1. The highest BCUT2D eigenvalue weighted by atomic mass is 32.1. The van der Waals surface area contributed by atoms with E-state index >= 15 is 0 Å². The Labute approximate surface area is 128 Å². The fourth-order valence-electron chi connectivity index (χ4n) is 2.28. The van der Waals surface area contributed by atoms with Crippen LogP contribution < -0.4 is 5.32 Å². The number of hydrogen-bond donors (Lipinski definition) is 1. The van der Waals surface area contributed by atoms with Crippen molar-refractivity contribution in [3.05, 3.63) is 88.1 Å². The molecule has 0 aliphatic carbocycles. The molecule has 1 unspecified atom stereocenters. The lowest BCUT2D eigenvalue weighted by molar-refractivity contribution is 0.963. The number of nitriles is 1. The van der Waals surface area contributed by atoms with Crippen LogP contribution in [0, 0.1) is 11.3 Å². The van der Waals surface area contributed by atoms with Gasteiger partial charge in [0.15, 0.2) is 0 Å². The Morgan fingerprint density at radius 1 is 0.905 bits per heavy atom. The number of anilines is 1. The van der Waals surface area contributed by atoms with Crippen molar-refractivity contribution in [2.24, 2.45) is 0 Å². The van der Waals surface area contributed by atoms with Crippen LogP contribution in [0.4, 0.5) is 5.69 Å². The maximum absolute atomic E-state index is 9.25. The molecule has 3 aromatic rings. The molecule has 0 aliphatic rings. The van der Waals surface area contributed by atoms with Crippen molar-refractivity contribution in [1.29, 1.82) is 5.26 Å². The summed E-state index contributed by atoms with van der Waals surface area (Å²) < 4.78 is 0. The first-order valence-electron chi connectivity index (χ1n) is 6.72. The van der Waals surface area contributed by atoms with Gasteiger partial charge < -0.3 is 5.32 Å². The summed E-state index contributed by atoms with van der Waals surface area (Å²) in [6, 6.07) is 24.4. The predicted octanol–water partition coefficient (Wildman–Crippen LogP) is 4.82. The molecule has 102 valence electrons. The summed E-state index contributed by atoms with van der Waals surface area (Å²) in [5, 5.41) is 14.8. The van der Waals surface area contributed by atoms with Gasteiger partial charge in [0.1, 0.15) is 6.07 Å². The van der Waals surface area contributed by atoms with E-state index in [0.29, 0.717) is 5.56 Å². The molecule has 21 heavy (non-hydrogen) atoms. The monoisotopic (exact) mass is 290 g/mol. The van der Waals surface area contributed by atoms with E-state index in [4.69, 9.17) is 0 Å². The molecule has 0 saturated heterocycles. The molecule has 0 aliphatic heterocycles. The second kappa shape index (κ2) is 6.25. The van der Waals surface area contributed by atoms with E-state index in [9.17, 15) is 5.26 Å². The molecule has 0 amide bonds. The minimum atomic E-state index is 0.0562. The number of rotatable bonds is 4. The molecule has 3 heteroatoms. The lowest BCUT2D eigenvalue weighted by Gasteiger charge is -2.20. The van der Waals surface area contributed by atoms with Gasteiger partial charge >= 0.3 is 0 Å². The molecule has 0 bridgehead atoms. The van der Waals surface area contributed by atoms with Gasteiger partial charge in [0, 0.05) is 4.88 Å². The van der Waals surface area contributed by atoms with Crippen LogP contribution in [-0.2, 0) is 0 Å². The Kier molecular flexibility index (Phi) is 3.99. The average Bonchev–Trinajstić information content (AvgIpc) is 3.08. The molecule has 1 atom stereocenters. The van der Waals surface area contributed by atoms with E-state index in [2.05, 4.69) is 35.0 Å². The molecule has 2 aromatic carbocycles. The van der Waals surface area contributed by atoms with E-state index in [-0.39, 0.29) is 6.04 Å². The Balaban J connectivity index is 2.00. The van der Waals surface area contributed by atoms with Gasteiger partial charge in [-0.25, -0.2) is 0 Å². The second-order valence-corrected chi connectivity index (χ2v) is 5.64. The molecule has 2 nitrogen and oxygen atoms in total. The third-order valence-electron chi connectivity index (χ3n) is 3.31. The molecule has 0 saturated carbocycles. The highest BCUT2D eigenvalue weighted by Gasteiger charge is 2.16. The topological polar surface area (TPSA) is 35.8 Å². The van der Waals surface area contributed by atoms with Crippen molar-refractivity contribution >= 4 is 17.0 Å². The van der Waals surface area contributed by atoms with Crippen LogP contribution in [0.3, 0.4) is 0 Å². The minimum Gasteiger partial charge on any atom is -0.372 e. The molecule has 1 heterocycles. The summed E-state index contributed by atoms with van der Waals surface area (Å²) in [6.07, 6.45) is 0. The summed E-state index contributed by atoms with van der Waals surface area (Å²) in [4.78, 5) is 1.23. The minimum absolute atomic E-state index is 0.0562. The molecular formula is C18H14N2S. The Morgan fingerprint density at radius 2 is 1.67 bits per heavy atom. The third-order valence-corrected chi connectivity index (χ3v) is 4.25. The maximum atomic E-state index is 9.25. The highest BCUT2D eigenvalue weighted by molar-refractivity contribution is 7.10. The van der Waals surface area contributed by atoms with Gasteiger partial charge in [0.2, 0.25) is 0 Å². The van der Waals surface area contributed by atoms with Gasteiger partial charge in [-0.15, -0.1) is 11.3 Å². The van der Waals surface area contributed by atoms with Crippen LogP contribution in [0.5, 0.6) is 0 Å². The van der Waals surface area contributed by atoms with Crippen molar-refractivity contribution in [3.8, 4) is 6.07 Å². The zero-order chi connectivity index (χ0) is 14.5. The van der Waals surface area contributed by atoms with Crippen LogP contribution in [0.2, 0.25) is 0 Å². The first-order chi connectivity index (χ1) is 10.4. The molecule has 1 aromatic heterocycles. The average molecular weight is 290 g/mol. The van der Waals surface area contributed by atoms with Gasteiger partial charge in [0.05, 0.1) is 17.3 Å². The maximum Gasteiger partial charge on any atom is 0.101 e. The number of benzene rings is 2. The zero-order valence-electron chi connectivity index (χ0n) is 11.4. The van der Waals surface area contributed by atoms with Gasteiger partial charge in [-0.1, -0.05) is 48.5 Å². The molecule has 0 fully saturated rings. The quantitative estimate of drug-likeness (QED) is 0.747. The van der Waals surface area contributed by atoms with Crippen LogP contribution in [-0.4, -0.2) is 0 Å². The number of hydrogen-bond acceptors (Lipinski definition) is 3. The summed E-state index contributed by atoms with van der Waals surface area (Å²) in [5.74, 6) is 0. The number of nitrogens with one attached hydrogen (secondary N) is 1. The highest BCUT2D eigenvalue weighted by Crippen LogP contribution is 2.30. The van der Waals surface area contributed by atoms with Crippen LogP contribution in [0.15, 0.2) is 72.1 Å². The Bertz CT molecular complexity index is 742. The summed E-state index contributed by atoms with van der Waals surface area (Å²) >= 11 is 1.71. The summed E-state index contributed by atoms with van der Waals surface area (Å²) in [5.41, 5.74) is 2.71. The van der Waals surface area contributed by atoms with Crippen LogP contribution >= 0.6 is 11.3 Å². The standard InChI is InChI=1S/C18H14N2S/c19-13-15-9-4-5-10-16(15)20-18(17-11-6-12-21-17)14-7-2-1-3-8-14/h1-12,18,20H. The van der Waals surface area contributed by atoms with Crippen molar-refractivity contribution in [1.82, 2.24) is 0 Å². The van der Waals surface area contributed by atoms with Crippen LogP contribution in [0.25, 0.3) is 0 Å². The SMILES string of the molecule is N#Cc1ccccc1NC(c1ccccc1)c1cccs1.